The van der Waals surface area contributed by atoms with E-state index in [0.717, 1.165) is 34.4 Å². The van der Waals surface area contributed by atoms with Crippen LogP contribution in [0.2, 0.25) is 0 Å². The summed E-state index contributed by atoms with van der Waals surface area (Å²) in [5.74, 6) is 3.04. The molecule has 0 saturated heterocycles. The van der Waals surface area contributed by atoms with E-state index in [4.69, 9.17) is 9.47 Å². The van der Waals surface area contributed by atoms with E-state index in [2.05, 4.69) is 15.2 Å². The van der Waals surface area contributed by atoms with Crippen LogP contribution < -0.4 is 0 Å². The van der Waals surface area contributed by atoms with Crippen LogP contribution in [0.15, 0.2) is 47.9 Å². The molecule has 124 valence electrons. The molecule has 0 atom stereocenters. The minimum atomic E-state index is 0.574. The van der Waals surface area contributed by atoms with E-state index in [-0.39, 0.29) is 0 Å². The van der Waals surface area contributed by atoms with Crippen molar-refractivity contribution in [1.82, 2.24) is 19.7 Å². The summed E-state index contributed by atoms with van der Waals surface area (Å²) in [7, 11) is 3.32. The van der Waals surface area contributed by atoms with E-state index in [0.29, 0.717) is 12.2 Å². The van der Waals surface area contributed by atoms with Crippen molar-refractivity contribution in [3.63, 3.8) is 0 Å². The van der Waals surface area contributed by atoms with Gasteiger partial charge in [-0.25, -0.2) is 4.98 Å². The fourth-order valence-corrected chi connectivity index (χ4v) is 2.68. The Kier molecular flexibility index (Phi) is 4.46. The molecule has 1 aliphatic carbocycles. The van der Waals surface area contributed by atoms with Crippen molar-refractivity contribution in [1.29, 1.82) is 0 Å². The van der Waals surface area contributed by atoms with Crippen LogP contribution in [0, 0.1) is 13.8 Å². The lowest BCUT2D eigenvalue weighted by Gasteiger charge is -2.16. The van der Waals surface area contributed by atoms with Crippen molar-refractivity contribution >= 4 is 5.70 Å². The highest BCUT2D eigenvalue weighted by atomic mass is 16.5. The number of aromatic nitrogens is 4. The largest absolute Gasteiger partial charge is 0.501 e. The molecule has 3 rings (SSSR count). The fourth-order valence-electron chi connectivity index (χ4n) is 2.68. The number of hydrogen-bond donors (Lipinski definition) is 0. The topological polar surface area (TPSA) is 62.1 Å². The first-order valence-electron chi connectivity index (χ1n) is 7.69. The SMILES string of the molecule is COC1=CC=CC(OC)=C(n2c(C)nnc2-c2cccc(C)n2)C1. The zero-order valence-corrected chi connectivity index (χ0v) is 14.3. The second kappa shape index (κ2) is 6.70. The Morgan fingerprint density at radius 3 is 2.62 bits per heavy atom. The molecule has 0 spiro atoms. The quantitative estimate of drug-likeness (QED) is 0.864. The van der Waals surface area contributed by atoms with Gasteiger partial charge in [-0.1, -0.05) is 12.1 Å². The average molecular weight is 324 g/mol. The molecule has 6 nitrogen and oxygen atoms in total. The van der Waals surface area contributed by atoms with Gasteiger partial charge in [0.2, 0.25) is 0 Å². The summed E-state index contributed by atoms with van der Waals surface area (Å²) in [5, 5.41) is 8.58. The van der Waals surface area contributed by atoms with Gasteiger partial charge in [0, 0.05) is 12.1 Å². The summed E-state index contributed by atoms with van der Waals surface area (Å²) in [5.41, 5.74) is 2.62. The third-order valence-electron chi connectivity index (χ3n) is 3.85. The molecule has 0 radical (unpaired) electrons. The molecule has 2 aromatic rings. The number of nitrogens with zero attached hydrogens (tertiary/aromatic N) is 4. The molecule has 0 unspecified atom stereocenters. The van der Waals surface area contributed by atoms with Crippen molar-refractivity contribution in [3.8, 4) is 11.5 Å². The van der Waals surface area contributed by atoms with E-state index < -0.39 is 0 Å². The van der Waals surface area contributed by atoms with Gasteiger partial charge in [-0.2, -0.15) is 0 Å². The molecule has 0 saturated carbocycles. The minimum absolute atomic E-state index is 0.574. The molecule has 0 amide bonds. The third-order valence-corrected chi connectivity index (χ3v) is 3.85. The van der Waals surface area contributed by atoms with E-state index in [9.17, 15) is 0 Å². The lowest BCUT2D eigenvalue weighted by molar-refractivity contribution is 0.281. The van der Waals surface area contributed by atoms with Gasteiger partial charge in [0.05, 0.1) is 19.9 Å². The van der Waals surface area contributed by atoms with Crippen LogP contribution in [-0.4, -0.2) is 34.0 Å². The number of pyridine rings is 1. The minimum Gasteiger partial charge on any atom is -0.501 e. The Morgan fingerprint density at radius 1 is 1.08 bits per heavy atom. The highest BCUT2D eigenvalue weighted by Crippen LogP contribution is 2.30. The van der Waals surface area contributed by atoms with E-state index in [1.807, 2.05) is 54.8 Å². The fraction of sp³-hybridized carbons (Fsp3) is 0.278. The van der Waals surface area contributed by atoms with Gasteiger partial charge in [-0.15, -0.1) is 10.2 Å². The van der Waals surface area contributed by atoms with Gasteiger partial charge in [-0.3, -0.25) is 4.57 Å². The van der Waals surface area contributed by atoms with E-state index in [1.165, 1.54) is 0 Å². The van der Waals surface area contributed by atoms with Gasteiger partial charge in [-0.05, 0) is 38.1 Å². The molecule has 0 fully saturated rings. The number of rotatable bonds is 4. The number of aryl methyl sites for hydroxylation is 2. The number of allylic oxidation sites excluding steroid dienone is 4. The molecule has 2 heterocycles. The normalized spacial score (nSPS) is 14.4. The zero-order valence-electron chi connectivity index (χ0n) is 14.3. The Balaban J connectivity index is 2.18. The summed E-state index contributed by atoms with van der Waals surface area (Å²) in [6.45, 7) is 3.87. The molecule has 6 heteroatoms. The van der Waals surface area contributed by atoms with Gasteiger partial charge in [0.25, 0.3) is 0 Å². The molecule has 0 aromatic carbocycles. The Hall–Kier alpha value is -2.89. The summed E-state index contributed by atoms with van der Waals surface area (Å²) < 4.78 is 13.0. The molecule has 24 heavy (non-hydrogen) atoms. The standard InChI is InChI=1S/C18H20N4O2/c1-12-7-5-9-15(19-12)18-21-20-13(2)22(18)16-11-14(23-3)8-6-10-17(16)24-4/h5-10H,11H2,1-4H3. The predicted octanol–water partition coefficient (Wildman–Crippen LogP) is 3.26. The number of methoxy groups -OCH3 is 2. The highest BCUT2D eigenvalue weighted by Gasteiger charge is 2.21. The average Bonchev–Trinajstić information content (AvgIpc) is 2.84. The molecular weight excluding hydrogens is 304 g/mol. The first kappa shape index (κ1) is 16.0. The van der Waals surface area contributed by atoms with E-state index in [1.54, 1.807) is 14.2 Å². The summed E-state index contributed by atoms with van der Waals surface area (Å²) in [6.07, 6.45) is 6.32. The summed E-state index contributed by atoms with van der Waals surface area (Å²) >= 11 is 0. The van der Waals surface area contributed by atoms with Crippen molar-refractivity contribution < 1.29 is 9.47 Å². The van der Waals surface area contributed by atoms with Crippen molar-refractivity contribution in [3.05, 3.63) is 59.5 Å². The Morgan fingerprint density at radius 2 is 1.92 bits per heavy atom. The van der Waals surface area contributed by atoms with Crippen LogP contribution in [0.5, 0.6) is 0 Å². The maximum absolute atomic E-state index is 5.58. The second-order valence-corrected chi connectivity index (χ2v) is 5.46. The lowest BCUT2D eigenvalue weighted by atomic mass is 10.2. The third kappa shape index (κ3) is 2.95. The van der Waals surface area contributed by atoms with Gasteiger partial charge >= 0.3 is 0 Å². The van der Waals surface area contributed by atoms with Crippen LogP contribution in [0.4, 0.5) is 0 Å². The molecule has 0 aliphatic heterocycles. The van der Waals surface area contributed by atoms with Crippen LogP contribution in [0.3, 0.4) is 0 Å². The molecule has 1 aliphatic rings. The molecule has 2 aromatic heterocycles. The van der Waals surface area contributed by atoms with E-state index >= 15 is 0 Å². The highest BCUT2D eigenvalue weighted by molar-refractivity contribution is 5.64. The lowest BCUT2D eigenvalue weighted by Crippen LogP contribution is -2.08. The Labute approximate surface area is 141 Å². The predicted molar refractivity (Wildman–Crippen MR) is 91.8 cm³/mol. The smallest absolute Gasteiger partial charge is 0.187 e. The Bertz CT molecular complexity index is 846. The monoisotopic (exact) mass is 324 g/mol. The van der Waals surface area contributed by atoms with Crippen molar-refractivity contribution in [2.45, 2.75) is 20.3 Å². The molecular formula is C18H20N4O2. The van der Waals surface area contributed by atoms with Gasteiger partial charge in [0.15, 0.2) is 5.82 Å². The zero-order chi connectivity index (χ0) is 17.1. The van der Waals surface area contributed by atoms with Crippen LogP contribution in [0.1, 0.15) is 17.9 Å². The first-order chi connectivity index (χ1) is 11.6. The van der Waals surface area contributed by atoms with Crippen LogP contribution in [-0.2, 0) is 9.47 Å². The van der Waals surface area contributed by atoms with Crippen LogP contribution >= 0.6 is 0 Å². The van der Waals surface area contributed by atoms with Crippen molar-refractivity contribution in [2.75, 3.05) is 14.2 Å². The number of ether oxygens (including phenoxy) is 2. The first-order valence-corrected chi connectivity index (χ1v) is 7.69. The summed E-state index contributed by atoms with van der Waals surface area (Å²) in [6, 6.07) is 5.85. The maximum atomic E-state index is 5.58. The van der Waals surface area contributed by atoms with Gasteiger partial charge < -0.3 is 9.47 Å². The van der Waals surface area contributed by atoms with Crippen LogP contribution in [0.25, 0.3) is 17.2 Å². The summed E-state index contributed by atoms with van der Waals surface area (Å²) in [4.78, 5) is 4.58. The molecule has 0 N–H and O–H groups in total. The van der Waals surface area contributed by atoms with Gasteiger partial charge in [0.1, 0.15) is 23.0 Å². The molecule has 0 bridgehead atoms. The second-order valence-electron chi connectivity index (χ2n) is 5.46. The number of hydrogen-bond acceptors (Lipinski definition) is 5. The maximum Gasteiger partial charge on any atom is 0.187 e. The van der Waals surface area contributed by atoms with Crippen molar-refractivity contribution in [2.24, 2.45) is 0 Å².